The molecule has 2 aromatic rings. The first-order valence-electron chi connectivity index (χ1n) is 9.14. The predicted molar refractivity (Wildman–Crippen MR) is 107 cm³/mol. The summed E-state index contributed by atoms with van der Waals surface area (Å²) in [6.45, 7) is 3.30. The molecule has 8 heteroatoms. The number of benzene rings is 1. The predicted octanol–water partition coefficient (Wildman–Crippen LogP) is 1.81. The van der Waals surface area contributed by atoms with Gasteiger partial charge in [0.05, 0.1) is 25.9 Å². The summed E-state index contributed by atoms with van der Waals surface area (Å²) >= 11 is 6.08. The molecule has 1 aliphatic heterocycles. The summed E-state index contributed by atoms with van der Waals surface area (Å²) in [6, 6.07) is 10.5. The highest BCUT2D eigenvalue weighted by molar-refractivity contribution is 6.31. The minimum atomic E-state index is -0.436. The van der Waals surface area contributed by atoms with E-state index in [1.165, 1.54) is 0 Å². The van der Waals surface area contributed by atoms with Gasteiger partial charge in [-0.25, -0.2) is 0 Å². The lowest BCUT2D eigenvalue weighted by molar-refractivity contribution is -0.0963. The molecular formula is C20H24ClN3O4. The molecule has 1 saturated heterocycles. The molecule has 7 nitrogen and oxygen atoms in total. The van der Waals surface area contributed by atoms with E-state index in [1.807, 2.05) is 30.1 Å². The van der Waals surface area contributed by atoms with Crippen LogP contribution in [-0.2, 0) is 22.6 Å². The van der Waals surface area contributed by atoms with Gasteiger partial charge in [-0.3, -0.25) is 14.5 Å². The number of ether oxygens (including phenoxy) is 2. The van der Waals surface area contributed by atoms with Crippen molar-refractivity contribution in [3.8, 4) is 0 Å². The lowest BCUT2D eigenvalue weighted by Crippen LogP contribution is -2.38. The van der Waals surface area contributed by atoms with Crippen molar-refractivity contribution in [3.63, 3.8) is 0 Å². The van der Waals surface area contributed by atoms with E-state index >= 15 is 0 Å². The van der Waals surface area contributed by atoms with Crippen molar-refractivity contribution in [1.29, 1.82) is 0 Å². The number of aromatic amines is 1. The Bertz CT molecular complexity index is 865. The maximum absolute atomic E-state index is 12.3. The zero-order chi connectivity index (χ0) is 19.9. The number of likely N-dealkylation sites (N-methyl/N-ethyl adjacent to an activating group) is 1. The van der Waals surface area contributed by atoms with E-state index in [9.17, 15) is 9.59 Å². The lowest BCUT2D eigenvalue weighted by atomic mass is 10.2. The van der Waals surface area contributed by atoms with Gasteiger partial charge in [0.1, 0.15) is 5.56 Å². The Labute approximate surface area is 168 Å². The van der Waals surface area contributed by atoms with Crippen LogP contribution in [0.15, 0.2) is 41.2 Å². The van der Waals surface area contributed by atoms with Gasteiger partial charge in [-0.1, -0.05) is 29.8 Å². The largest absolute Gasteiger partial charge is 0.376 e. The first kappa shape index (κ1) is 20.5. The van der Waals surface area contributed by atoms with Crippen LogP contribution in [0.4, 0.5) is 0 Å². The number of H-pyrrole nitrogens is 1. The van der Waals surface area contributed by atoms with Crippen LogP contribution in [0.1, 0.15) is 21.6 Å². The molecule has 1 amide bonds. The molecular weight excluding hydrogens is 382 g/mol. The number of amides is 1. The van der Waals surface area contributed by atoms with Crippen molar-refractivity contribution in [1.82, 2.24) is 15.2 Å². The van der Waals surface area contributed by atoms with Gasteiger partial charge in [0.25, 0.3) is 11.5 Å². The quantitative estimate of drug-likeness (QED) is 0.734. The minimum Gasteiger partial charge on any atom is -0.376 e. The number of rotatable bonds is 7. The third-order valence-corrected chi connectivity index (χ3v) is 4.82. The first-order chi connectivity index (χ1) is 13.5. The average Bonchev–Trinajstić information content (AvgIpc) is 2.68. The molecule has 150 valence electrons. The van der Waals surface area contributed by atoms with Gasteiger partial charge in [0.2, 0.25) is 0 Å². The molecule has 1 aliphatic rings. The Kier molecular flexibility index (Phi) is 7.22. The number of pyridine rings is 1. The van der Waals surface area contributed by atoms with Crippen LogP contribution in [0.25, 0.3) is 0 Å². The molecule has 28 heavy (non-hydrogen) atoms. The standard InChI is InChI=1S/C20H24ClN3O4/c1-24(12-16-13-27-8-9-28-16)11-15-6-7-17(20(26)23-15)19(25)22-10-14-4-2-3-5-18(14)21/h2-7,16H,8-13H2,1H3,(H,22,25)(H,23,26). The van der Waals surface area contributed by atoms with E-state index in [0.717, 1.165) is 11.3 Å². The summed E-state index contributed by atoms with van der Waals surface area (Å²) in [5.41, 5.74) is 1.18. The molecule has 1 aromatic carbocycles. The lowest BCUT2D eigenvalue weighted by Gasteiger charge is -2.27. The first-order valence-corrected chi connectivity index (χ1v) is 9.52. The average molecular weight is 406 g/mol. The zero-order valence-electron chi connectivity index (χ0n) is 15.7. The second-order valence-corrected chi connectivity index (χ2v) is 7.17. The number of halogens is 1. The summed E-state index contributed by atoms with van der Waals surface area (Å²) in [4.78, 5) is 29.5. The number of nitrogens with one attached hydrogen (secondary N) is 2. The van der Waals surface area contributed by atoms with Crippen molar-refractivity contribution in [3.05, 3.63) is 68.6 Å². The van der Waals surface area contributed by atoms with E-state index in [1.54, 1.807) is 18.2 Å². The van der Waals surface area contributed by atoms with E-state index in [2.05, 4.69) is 10.3 Å². The fraction of sp³-hybridized carbons (Fsp3) is 0.400. The Morgan fingerprint density at radius 3 is 2.82 bits per heavy atom. The van der Waals surface area contributed by atoms with Crippen LogP contribution >= 0.6 is 11.6 Å². The van der Waals surface area contributed by atoms with Crippen LogP contribution in [0, 0.1) is 0 Å². The Hall–Kier alpha value is -2.19. The molecule has 1 unspecified atom stereocenters. The van der Waals surface area contributed by atoms with Gasteiger partial charge in [-0.15, -0.1) is 0 Å². The fourth-order valence-corrected chi connectivity index (χ4v) is 3.25. The SMILES string of the molecule is CN(Cc1ccc(C(=O)NCc2ccccc2Cl)c(=O)[nH]1)CC1COCCO1. The Balaban J connectivity index is 1.56. The molecule has 1 aromatic heterocycles. The summed E-state index contributed by atoms with van der Waals surface area (Å²) in [5, 5.41) is 3.30. The molecule has 2 N–H and O–H groups in total. The van der Waals surface area contributed by atoms with E-state index in [-0.39, 0.29) is 18.2 Å². The fourth-order valence-electron chi connectivity index (χ4n) is 3.04. The smallest absolute Gasteiger partial charge is 0.261 e. The Morgan fingerprint density at radius 2 is 2.11 bits per heavy atom. The number of carbonyl (C=O) groups excluding carboxylic acids is 1. The molecule has 0 radical (unpaired) electrons. The number of aromatic nitrogens is 1. The van der Waals surface area contributed by atoms with Gasteiger partial charge in [-0.05, 0) is 30.8 Å². The second-order valence-electron chi connectivity index (χ2n) is 6.76. The number of nitrogens with zero attached hydrogens (tertiary/aromatic N) is 1. The van der Waals surface area contributed by atoms with Gasteiger partial charge >= 0.3 is 0 Å². The molecule has 0 bridgehead atoms. The van der Waals surface area contributed by atoms with Crippen LogP contribution in [-0.4, -0.2) is 55.3 Å². The molecule has 0 aliphatic carbocycles. The molecule has 0 spiro atoms. The van der Waals surface area contributed by atoms with E-state index in [0.29, 0.717) is 37.9 Å². The van der Waals surface area contributed by atoms with E-state index < -0.39 is 11.5 Å². The summed E-state index contributed by atoms with van der Waals surface area (Å²) in [7, 11) is 1.94. The second kappa shape index (κ2) is 9.84. The molecule has 1 fully saturated rings. The highest BCUT2D eigenvalue weighted by Crippen LogP contribution is 2.14. The van der Waals surface area contributed by atoms with Gasteiger partial charge in [-0.2, -0.15) is 0 Å². The Morgan fingerprint density at radius 1 is 1.29 bits per heavy atom. The van der Waals surface area contributed by atoms with E-state index in [4.69, 9.17) is 21.1 Å². The van der Waals surface area contributed by atoms with Crippen molar-refractivity contribution in [2.75, 3.05) is 33.4 Å². The summed E-state index contributed by atoms with van der Waals surface area (Å²) < 4.78 is 11.0. The van der Waals surface area contributed by atoms with Crippen LogP contribution in [0.3, 0.4) is 0 Å². The molecule has 2 heterocycles. The third-order valence-electron chi connectivity index (χ3n) is 4.45. The van der Waals surface area contributed by atoms with Crippen LogP contribution < -0.4 is 10.9 Å². The van der Waals surface area contributed by atoms with Gasteiger partial charge < -0.3 is 19.8 Å². The normalized spacial score (nSPS) is 16.9. The maximum atomic E-state index is 12.3. The number of hydrogen-bond acceptors (Lipinski definition) is 5. The van der Waals surface area contributed by atoms with Crippen molar-refractivity contribution >= 4 is 17.5 Å². The summed E-state index contributed by atoms with van der Waals surface area (Å²) in [6.07, 6.45) is 0.0281. The maximum Gasteiger partial charge on any atom is 0.261 e. The summed E-state index contributed by atoms with van der Waals surface area (Å²) in [5.74, 6) is -0.436. The van der Waals surface area contributed by atoms with Gasteiger partial charge in [0.15, 0.2) is 0 Å². The van der Waals surface area contributed by atoms with Crippen molar-refractivity contribution in [2.24, 2.45) is 0 Å². The minimum absolute atomic E-state index is 0.0281. The molecule has 0 saturated carbocycles. The monoisotopic (exact) mass is 405 g/mol. The van der Waals surface area contributed by atoms with Crippen LogP contribution in [0.2, 0.25) is 5.02 Å². The van der Waals surface area contributed by atoms with Crippen molar-refractivity contribution < 1.29 is 14.3 Å². The zero-order valence-corrected chi connectivity index (χ0v) is 16.5. The number of carbonyl (C=O) groups is 1. The number of hydrogen-bond donors (Lipinski definition) is 2. The van der Waals surface area contributed by atoms with Crippen LogP contribution in [0.5, 0.6) is 0 Å². The molecule has 3 rings (SSSR count). The third kappa shape index (κ3) is 5.65. The van der Waals surface area contributed by atoms with Crippen molar-refractivity contribution in [2.45, 2.75) is 19.2 Å². The highest BCUT2D eigenvalue weighted by Gasteiger charge is 2.17. The van der Waals surface area contributed by atoms with Gasteiger partial charge in [0, 0.05) is 30.4 Å². The topological polar surface area (TPSA) is 83.7 Å². The molecule has 1 atom stereocenters. The highest BCUT2D eigenvalue weighted by atomic mass is 35.5.